The number of aliphatic carboxylic acids is 1. The minimum Gasteiger partial charge on any atom is -0.548 e. The first kappa shape index (κ1) is 27.2. The van der Waals surface area contributed by atoms with E-state index in [2.05, 4.69) is 12.2 Å². The van der Waals surface area contributed by atoms with E-state index in [-0.39, 0.29) is 35.5 Å². The normalized spacial score (nSPS) is 11.6. The van der Waals surface area contributed by atoms with E-state index in [1.54, 1.807) is 0 Å². The van der Waals surface area contributed by atoms with E-state index in [1.807, 2.05) is 0 Å². The number of rotatable bonds is 17. The molecule has 1 atom stereocenters. The average molecular weight is 364 g/mol. The Bertz CT molecular complexity index is 324. The van der Waals surface area contributed by atoms with Crippen LogP contribution in [0.25, 0.3) is 0 Å². The number of nitrogens with one attached hydrogen (secondary N) is 1. The maximum atomic E-state index is 10.9. The number of carboxylic acid groups (broad SMARTS) is 1. The van der Waals surface area contributed by atoms with E-state index in [0.29, 0.717) is 6.42 Å². The molecule has 5 heteroatoms. The largest absolute Gasteiger partial charge is 1.00 e. The fraction of sp³-hybridized carbons (Fsp3) is 0.900. The summed E-state index contributed by atoms with van der Waals surface area (Å²) in [6.45, 7) is 3.59. The topological polar surface area (TPSA) is 69.2 Å². The predicted octanol–water partition coefficient (Wildman–Crippen LogP) is 1.12. The molecule has 0 aromatic rings. The van der Waals surface area contributed by atoms with E-state index in [9.17, 15) is 14.7 Å². The monoisotopic (exact) mass is 363 g/mol. The van der Waals surface area contributed by atoms with Gasteiger partial charge in [0, 0.05) is 6.92 Å². The number of carbonyl (C=O) groups is 2. The number of carbonyl (C=O) groups excluding carboxylic acids is 2. The first-order chi connectivity index (χ1) is 11.6. The molecule has 25 heavy (non-hydrogen) atoms. The Morgan fingerprint density at radius 1 is 0.760 bits per heavy atom. The molecule has 0 aliphatic carbocycles. The Hall–Kier alpha value is -0.0600. The molecule has 0 aromatic heterocycles. The van der Waals surface area contributed by atoms with Crippen molar-refractivity contribution in [2.45, 2.75) is 116 Å². The van der Waals surface area contributed by atoms with Gasteiger partial charge in [-0.1, -0.05) is 96.8 Å². The van der Waals surface area contributed by atoms with Gasteiger partial charge in [0.25, 0.3) is 0 Å². The van der Waals surface area contributed by atoms with Crippen molar-refractivity contribution >= 4 is 11.9 Å². The van der Waals surface area contributed by atoms with E-state index >= 15 is 0 Å². The van der Waals surface area contributed by atoms with Crippen LogP contribution in [0.5, 0.6) is 0 Å². The van der Waals surface area contributed by atoms with Crippen molar-refractivity contribution in [3.63, 3.8) is 0 Å². The van der Waals surface area contributed by atoms with Crippen LogP contribution < -0.4 is 40.0 Å². The summed E-state index contributed by atoms with van der Waals surface area (Å²) in [5.41, 5.74) is 0. The molecule has 1 unspecified atom stereocenters. The van der Waals surface area contributed by atoms with E-state index in [0.717, 1.165) is 19.3 Å². The minimum atomic E-state index is -1.18. The van der Waals surface area contributed by atoms with Crippen molar-refractivity contribution in [3.8, 4) is 0 Å². The molecule has 0 aliphatic rings. The zero-order valence-corrected chi connectivity index (χ0v) is 18.9. The number of hydrogen-bond acceptors (Lipinski definition) is 3. The first-order valence-corrected chi connectivity index (χ1v) is 10.1. The third kappa shape index (κ3) is 20.1. The average Bonchev–Trinajstić information content (AvgIpc) is 2.53. The molecule has 0 rings (SSSR count). The SMILES string of the molecule is CCCCCCCCCCCCCCCCC(NC(C)=O)C(=O)[O-].[Na+]. The van der Waals surface area contributed by atoms with Crippen LogP contribution >= 0.6 is 0 Å². The maximum absolute atomic E-state index is 10.9. The molecule has 0 aliphatic heterocycles. The van der Waals surface area contributed by atoms with Gasteiger partial charge in [-0.15, -0.1) is 0 Å². The number of unbranched alkanes of at least 4 members (excludes halogenated alkanes) is 13. The zero-order valence-electron chi connectivity index (χ0n) is 16.9. The van der Waals surface area contributed by atoms with Crippen LogP contribution in [0.2, 0.25) is 0 Å². The molecule has 1 amide bonds. The molecule has 0 fully saturated rings. The summed E-state index contributed by atoms with van der Waals surface area (Å²) in [5.74, 6) is -1.49. The van der Waals surface area contributed by atoms with Crippen molar-refractivity contribution in [1.29, 1.82) is 0 Å². The summed E-state index contributed by atoms with van der Waals surface area (Å²) in [5, 5.41) is 13.3. The zero-order chi connectivity index (χ0) is 18.0. The Labute approximate surface area is 177 Å². The molecule has 0 aromatic carbocycles. The number of amides is 1. The van der Waals surface area contributed by atoms with Crippen molar-refractivity contribution in [1.82, 2.24) is 5.32 Å². The van der Waals surface area contributed by atoms with Gasteiger partial charge in [-0.05, 0) is 6.42 Å². The van der Waals surface area contributed by atoms with Crippen LogP contribution in [0.1, 0.15) is 110 Å². The summed E-state index contributed by atoms with van der Waals surface area (Å²) >= 11 is 0. The van der Waals surface area contributed by atoms with Gasteiger partial charge in [0.05, 0.1) is 12.0 Å². The first-order valence-electron chi connectivity index (χ1n) is 10.1. The van der Waals surface area contributed by atoms with Gasteiger partial charge < -0.3 is 15.2 Å². The molecule has 0 saturated heterocycles. The van der Waals surface area contributed by atoms with Crippen LogP contribution in [-0.2, 0) is 9.59 Å². The Kier molecular flexibility index (Phi) is 22.0. The molecule has 0 saturated carbocycles. The molecule has 1 N–H and O–H groups in total. The fourth-order valence-electron chi connectivity index (χ4n) is 3.04. The summed E-state index contributed by atoms with van der Waals surface area (Å²) in [6, 6.07) is -0.833. The van der Waals surface area contributed by atoms with Crippen LogP contribution in [0, 0.1) is 0 Å². The van der Waals surface area contributed by atoms with Crippen molar-refractivity contribution < 1.29 is 44.3 Å². The number of carboxylic acids is 1. The van der Waals surface area contributed by atoms with Crippen molar-refractivity contribution in [3.05, 3.63) is 0 Å². The van der Waals surface area contributed by atoms with E-state index < -0.39 is 12.0 Å². The van der Waals surface area contributed by atoms with Gasteiger partial charge in [-0.2, -0.15) is 0 Å². The molecular formula is C20H38NNaO3. The molecule has 0 radical (unpaired) electrons. The Balaban J connectivity index is 0. The maximum Gasteiger partial charge on any atom is 1.00 e. The second-order valence-corrected chi connectivity index (χ2v) is 6.96. The second-order valence-electron chi connectivity index (χ2n) is 6.96. The van der Waals surface area contributed by atoms with Crippen LogP contribution in [0.15, 0.2) is 0 Å². The van der Waals surface area contributed by atoms with Crippen molar-refractivity contribution in [2.24, 2.45) is 0 Å². The molecule has 0 bridgehead atoms. The van der Waals surface area contributed by atoms with Gasteiger partial charge in [-0.25, -0.2) is 0 Å². The second kappa shape index (κ2) is 20.3. The van der Waals surface area contributed by atoms with Gasteiger partial charge >= 0.3 is 29.6 Å². The Morgan fingerprint density at radius 2 is 1.12 bits per heavy atom. The van der Waals surface area contributed by atoms with Gasteiger partial charge in [0.2, 0.25) is 5.91 Å². The molecule has 4 nitrogen and oxygen atoms in total. The fourth-order valence-corrected chi connectivity index (χ4v) is 3.04. The quantitative estimate of drug-likeness (QED) is 0.311. The minimum absolute atomic E-state index is 0. The molecule has 0 heterocycles. The molecular weight excluding hydrogens is 325 g/mol. The van der Waals surface area contributed by atoms with Crippen molar-refractivity contribution in [2.75, 3.05) is 0 Å². The predicted molar refractivity (Wildman–Crippen MR) is 97.5 cm³/mol. The van der Waals surface area contributed by atoms with Crippen LogP contribution in [0.3, 0.4) is 0 Å². The summed E-state index contributed by atoms with van der Waals surface area (Å²) in [6.07, 6.45) is 18.3. The van der Waals surface area contributed by atoms with Gasteiger partial charge in [0.1, 0.15) is 0 Å². The van der Waals surface area contributed by atoms with E-state index in [1.165, 1.54) is 77.6 Å². The third-order valence-electron chi connectivity index (χ3n) is 4.51. The smallest absolute Gasteiger partial charge is 0.548 e. The molecule has 0 spiro atoms. The van der Waals surface area contributed by atoms with Gasteiger partial charge in [0.15, 0.2) is 0 Å². The number of hydrogen-bond donors (Lipinski definition) is 1. The standard InChI is InChI=1S/C20H39NO3.Na/c1-3-4-5-6-7-8-9-10-11-12-13-14-15-16-17-19(20(23)24)21-18(2)22;/h19H,3-17H2,1-2H3,(H,21,22)(H,23,24);/q;+1/p-1. The third-order valence-corrected chi connectivity index (χ3v) is 4.51. The molecule has 142 valence electrons. The van der Waals surface area contributed by atoms with Gasteiger partial charge in [-0.3, -0.25) is 4.79 Å². The summed E-state index contributed by atoms with van der Waals surface area (Å²) in [7, 11) is 0. The Morgan fingerprint density at radius 3 is 1.44 bits per heavy atom. The van der Waals surface area contributed by atoms with Crippen LogP contribution in [0.4, 0.5) is 0 Å². The van der Waals surface area contributed by atoms with E-state index in [4.69, 9.17) is 0 Å². The van der Waals surface area contributed by atoms with Crippen LogP contribution in [-0.4, -0.2) is 17.9 Å². The summed E-state index contributed by atoms with van der Waals surface area (Å²) < 4.78 is 0. The summed E-state index contributed by atoms with van der Waals surface area (Å²) in [4.78, 5) is 21.8.